The summed E-state index contributed by atoms with van der Waals surface area (Å²) in [5.74, 6) is -2.09. The molecule has 1 atom stereocenters. The number of unbranched alkanes of at least 4 members (excludes halogenated alkanes) is 4. The van der Waals surface area contributed by atoms with Gasteiger partial charge in [-0.3, -0.25) is 4.79 Å². The van der Waals surface area contributed by atoms with Crippen molar-refractivity contribution in [2.75, 3.05) is 24.6 Å². The minimum Gasteiger partial charge on any atom is -0.459 e. The monoisotopic (exact) mass is 428 g/mol. The van der Waals surface area contributed by atoms with Gasteiger partial charge in [-0.05, 0) is 46.5 Å². The van der Waals surface area contributed by atoms with Crippen LogP contribution in [0.2, 0.25) is 0 Å². The van der Waals surface area contributed by atoms with E-state index in [1.807, 2.05) is 0 Å². The fraction of sp³-hybridized carbons (Fsp3) is 0.875. The van der Waals surface area contributed by atoms with Crippen LogP contribution in [0.25, 0.3) is 0 Å². The van der Waals surface area contributed by atoms with Gasteiger partial charge in [-0.1, -0.05) is 53.4 Å². The first-order valence-electron chi connectivity index (χ1n) is 11.6. The van der Waals surface area contributed by atoms with E-state index in [0.29, 0.717) is 0 Å². The molecule has 0 rings (SSSR count). The second kappa shape index (κ2) is 17.9. The number of rotatable bonds is 14. The molecule has 0 bridgehead atoms. The highest BCUT2D eigenvalue weighted by atomic mass is 31.2. The topological polar surface area (TPSA) is 67.2 Å². The van der Waals surface area contributed by atoms with Gasteiger partial charge in [-0.2, -0.15) is 5.26 Å². The van der Waals surface area contributed by atoms with Crippen molar-refractivity contribution < 1.29 is 14.3 Å². The number of carbonyl (C=O) groups excluding carboxylic acids is 2. The van der Waals surface area contributed by atoms with Gasteiger partial charge in [-0.15, -0.1) is 0 Å². The van der Waals surface area contributed by atoms with E-state index in [9.17, 15) is 9.59 Å². The van der Waals surface area contributed by atoms with Crippen molar-refractivity contribution in [2.45, 2.75) is 105 Å². The summed E-state index contributed by atoms with van der Waals surface area (Å²) in [7, 11) is -0.562. The molecular weight excluding hydrogens is 381 g/mol. The molecule has 1 unspecified atom stereocenters. The predicted octanol–water partition coefficient (Wildman–Crippen LogP) is 6.87. The Hall–Kier alpha value is -0.940. The zero-order valence-electron chi connectivity index (χ0n) is 20.3. The molecular formula is C24H47NO3P+. The highest BCUT2D eigenvalue weighted by Gasteiger charge is 2.34. The van der Waals surface area contributed by atoms with E-state index in [4.69, 9.17) is 10.00 Å². The molecule has 29 heavy (non-hydrogen) atoms. The number of hydrogen-bond donors (Lipinski definition) is 0. The Kier molecular flexibility index (Phi) is 18.7. The lowest BCUT2D eigenvalue weighted by molar-refractivity contribution is -0.158. The Balaban J connectivity index is 0. The second-order valence-corrected chi connectivity index (χ2v) is 13.4. The molecule has 5 heteroatoms. The van der Waals surface area contributed by atoms with Crippen LogP contribution in [-0.2, 0) is 14.3 Å². The Bertz CT molecular complexity index is 428. The standard InChI is InChI=1S/C16H36P.C8H11NO3/c1-5-9-13-17(14-10-6-2,15-11-7-3)16-12-8-4;1-8(2,3)12-7(11)6(4-9)5-10/h5-16H2,1-4H3;5-6H,1-3H3/q+1;. The van der Waals surface area contributed by atoms with Crippen LogP contribution in [0.15, 0.2) is 0 Å². The molecule has 0 aromatic heterocycles. The average molecular weight is 429 g/mol. The molecule has 0 spiro atoms. The molecule has 0 aromatic rings. The molecule has 0 aromatic carbocycles. The van der Waals surface area contributed by atoms with E-state index in [1.54, 1.807) is 45.4 Å². The van der Waals surface area contributed by atoms with Crippen LogP contribution >= 0.6 is 7.26 Å². The number of aldehydes is 1. The molecule has 0 saturated heterocycles. The highest BCUT2D eigenvalue weighted by Crippen LogP contribution is 2.61. The third-order valence-corrected chi connectivity index (χ3v) is 9.94. The number of nitrogens with zero attached hydrogens (tertiary/aromatic N) is 1. The van der Waals surface area contributed by atoms with Crippen LogP contribution in [-0.4, -0.2) is 42.5 Å². The molecule has 0 N–H and O–H groups in total. The zero-order chi connectivity index (χ0) is 22.8. The fourth-order valence-corrected chi connectivity index (χ4v) is 8.44. The third-order valence-electron chi connectivity index (χ3n) is 4.88. The lowest BCUT2D eigenvalue weighted by Gasteiger charge is -2.28. The van der Waals surface area contributed by atoms with Gasteiger partial charge in [0.2, 0.25) is 0 Å². The minimum absolute atomic E-state index is 0.272. The molecule has 0 saturated carbocycles. The largest absolute Gasteiger partial charge is 0.459 e. The number of ether oxygens (including phenoxy) is 1. The van der Waals surface area contributed by atoms with Crippen molar-refractivity contribution in [1.29, 1.82) is 5.26 Å². The molecule has 0 aliphatic heterocycles. The molecule has 0 aliphatic carbocycles. The summed E-state index contributed by atoms with van der Waals surface area (Å²) in [4.78, 5) is 21.1. The van der Waals surface area contributed by atoms with Crippen molar-refractivity contribution >= 4 is 19.5 Å². The Morgan fingerprint density at radius 3 is 1.45 bits per heavy atom. The summed E-state index contributed by atoms with van der Waals surface area (Å²) in [6, 6.07) is 1.53. The summed E-state index contributed by atoms with van der Waals surface area (Å²) >= 11 is 0. The lowest BCUT2D eigenvalue weighted by atomic mass is 10.1. The van der Waals surface area contributed by atoms with E-state index in [1.165, 1.54) is 57.4 Å². The van der Waals surface area contributed by atoms with Gasteiger partial charge >= 0.3 is 5.97 Å². The van der Waals surface area contributed by atoms with Crippen molar-refractivity contribution in [3.05, 3.63) is 0 Å². The first-order chi connectivity index (χ1) is 13.6. The molecule has 170 valence electrons. The van der Waals surface area contributed by atoms with Crippen LogP contribution < -0.4 is 0 Å². The van der Waals surface area contributed by atoms with Gasteiger partial charge in [0, 0.05) is 7.26 Å². The summed E-state index contributed by atoms with van der Waals surface area (Å²) in [6.45, 7) is 14.4. The Labute approximate surface area is 181 Å². The van der Waals surface area contributed by atoms with Crippen molar-refractivity contribution in [3.8, 4) is 6.07 Å². The quantitative estimate of drug-likeness (QED) is 0.131. The molecule has 0 amide bonds. The number of carbonyl (C=O) groups is 2. The van der Waals surface area contributed by atoms with Crippen LogP contribution in [0.1, 0.15) is 99.8 Å². The van der Waals surface area contributed by atoms with Crippen LogP contribution in [0, 0.1) is 17.2 Å². The summed E-state index contributed by atoms with van der Waals surface area (Å²) in [5, 5.41) is 8.31. The highest BCUT2D eigenvalue weighted by molar-refractivity contribution is 7.75. The number of esters is 1. The Morgan fingerprint density at radius 1 is 0.897 bits per heavy atom. The summed E-state index contributed by atoms with van der Waals surface area (Å²) in [5.41, 5.74) is -0.658. The van der Waals surface area contributed by atoms with Crippen LogP contribution in [0.3, 0.4) is 0 Å². The molecule has 0 fully saturated rings. The average Bonchev–Trinajstić information content (AvgIpc) is 2.67. The third kappa shape index (κ3) is 16.5. The van der Waals surface area contributed by atoms with Crippen molar-refractivity contribution in [2.24, 2.45) is 5.92 Å². The van der Waals surface area contributed by atoms with Gasteiger partial charge in [-0.25, -0.2) is 0 Å². The van der Waals surface area contributed by atoms with E-state index < -0.39 is 24.8 Å². The smallest absolute Gasteiger partial charge is 0.331 e. The normalized spacial score (nSPS) is 12.3. The minimum atomic E-state index is -1.30. The first kappa shape index (κ1) is 30.3. The van der Waals surface area contributed by atoms with E-state index >= 15 is 0 Å². The van der Waals surface area contributed by atoms with Gasteiger partial charge in [0.1, 0.15) is 11.9 Å². The van der Waals surface area contributed by atoms with E-state index in [2.05, 4.69) is 27.7 Å². The van der Waals surface area contributed by atoms with E-state index in [0.717, 1.165) is 0 Å². The maximum absolute atomic E-state index is 10.9. The van der Waals surface area contributed by atoms with Gasteiger partial charge in [0.05, 0.1) is 30.7 Å². The summed E-state index contributed by atoms with van der Waals surface area (Å²) in [6.07, 6.45) is 18.2. The van der Waals surface area contributed by atoms with Gasteiger partial charge in [0.25, 0.3) is 0 Å². The second-order valence-electron chi connectivity index (χ2n) is 8.93. The number of nitriles is 1. The van der Waals surface area contributed by atoms with Crippen LogP contribution in [0.5, 0.6) is 0 Å². The van der Waals surface area contributed by atoms with Crippen molar-refractivity contribution in [3.63, 3.8) is 0 Å². The summed E-state index contributed by atoms with van der Waals surface area (Å²) < 4.78 is 4.79. The fourth-order valence-electron chi connectivity index (χ4n) is 3.15. The maximum Gasteiger partial charge on any atom is 0.331 e. The SMILES string of the molecule is CC(C)(C)OC(=O)C(C#N)C=O.CCCC[P+](CCCC)(CCCC)CCCC. The molecule has 0 heterocycles. The maximum atomic E-state index is 10.9. The Morgan fingerprint density at radius 2 is 1.24 bits per heavy atom. The van der Waals surface area contributed by atoms with Gasteiger partial charge in [0.15, 0.2) is 5.92 Å². The molecule has 0 radical (unpaired) electrons. The van der Waals surface area contributed by atoms with E-state index in [-0.39, 0.29) is 6.29 Å². The molecule has 4 nitrogen and oxygen atoms in total. The predicted molar refractivity (Wildman–Crippen MR) is 127 cm³/mol. The zero-order valence-corrected chi connectivity index (χ0v) is 21.2. The molecule has 0 aliphatic rings. The lowest BCUT2D eigenvalue weighted by Crippen LogP contribution is -2.28. The first-order valence-corrected chi connectivity index (χ1v) is 14.1. The van der Waals surface area contributed by atoms with Gasteiger partial charge < -0.3 is 9.53 Å². The number of hydrogen-bond acceptors (Lipinski definition) is 4. The van der Waals surface area contributed by atoms with Crippen molar-refractivity contribution in [1.82, 2.24) is 0 Å². The van der Waals surface area contributed by atoms with Crippen LogP contribution in [0.4, 0.5) is 0 Å².